The van der Waals surface area contributed by atoms with Gasteiger partial charge < -0.3 is 15.2 Å². The van der Waals surface area contributed by atoms with E-state index in [1.165, 1.54) is 11.3 Å². The zero-order chi connectivity index (χ0) is 30.0. The number of para-hydroxylation sites is 1. The lowest BCUT2D eigenvalue weighted by molar-refractivity contribution is -0.132. The number of pyridine rings is 1. The van der Waals surface area contributed by atoms with E-state index in [1.807, 2.05) is 59.6 Å². The van der Waals surface area contributed by atoms with Crippen LogP contribution in [0.3, 0.4) is 0 Å². The lowest BCUT2D eigenvalue weighted by atomic mass is 9.77. The van der Waals surface area contributed by atoms with Crippen molar-refractivity contribution in [2.75, 3.05) is 38.0 Å². The van der Waals surface area contributed by atoms with E-state index in [0.29, 0.717) is 43.2 Å². The number of hydrogen-bond acceptors (Lipinski definition) is 6. The number of benzene rings is 1. The summed E-state index contributed by atoms with van der Waals surface area (Å²) in [5.74, 6) is -0.0488. The summed E-state index contributed by atoms with van der Waals surface area (Å²) in [6.45, 7) is 6.99. The smallest absolute Gasteiger partial charge is 0.239 e. The van der Waals surface area contributed by atoms with Crippen molar-refractivity contribution in [3.8, 4) is 6.07 Å². The summed E-state index contributed by atoms with van der Waals surface area (Å²) in [4.78, 5) is 38.8. The molecule has 1 fully saturated rings. The number of carbonyl (C=O) groups is 2. The molecule has 4 heterocycles. The van der Waals surface area contributed by atoms with Crippen molar-refractivity contribution in [1.29, 1.82) is 5.26 Å². The Morgan fingerprint density at radius 3 is 2.67 bits per heavy atom. The maximum atomic E-state index is 13.1. The SMILES string of the molecule is CC1(C)CC(/C=C/c2ccccn2)=Cc2c1sc(NC(=O)CN1CCN(C(=O)Cc3c[nH]c4ccccc34)CC1)c2C#N. The molecule has 1 aliphatic carbocycles. The Kier molecular flexibility index (Phi) is 7.98. The number of amides is 2. The third kappa shape index (κ3) is 6.17. The number of nitrogens with zero attached hydrogens (tertiary/aromatic N) is 4. The summed E-state index contributed by atoms with van der Waals surface area (Å²) in [5, 5.41) is 14.8. The van der Waals surface area contributed by atoms with Crippen molar-refractivity contribution in [1.82, 2.24) is 19.8 Å². The number of nitriles is 1. The van der Waals surface area contributed by atoms with E-state index in [9.17, 15) is 14.9 Å². The van der Waals surface area contributed by atoms with E-state index in [4.69, 9.17) is 0 Å². The Labute approximate surface area is 255 Å². The number of thiophene rings is 1. The van der Waals surface area contributed by atoms with Crippen LogP contribution in [0.25, 0.3) is 23.1 Å². The zero-order valence-corrected chi connectivity index (χ0v) is 25.2. The van der Waals surface area contributed by atoms with Gasteiger partial charge in [-0.2, -0.15) is 5.26 Å². The number of anilines is 1. The molecule has 8 nitrogen and oxygen atoms in total. The first-order valence-corrected chi connectivity index (χ1v) is 15.3. The molecular formula is C34H34N6O2S. The molecule has 218 valence electrons. The number of H-pyrrole nitrogens is 1. The van der Waals surface area contributed by atoms with Crippen LogP contribution in [0.4, 0.5) is 5.00 Å². The van der Waals surface area contributed by atoms with Crippen LogP contribution in [0.2, 0.25) is 0 Å². The molecule has 4 aromatic rings. The first-order chi connectivity index (χ1) is 20.8. The van der Waals surface area contributed by atoms with Gasteiger partial charge in [0.05, 0.1) is 24.2 Å². The highest BCUT2D eigenvalue weighted by molar-refractivity contribution is 7.17. The van der Waals surface area contributed by atoms with Crippen molar-refractivity contribution < 1.29 is 9.59 Å². The van der Waals surface area contributed by atoms with Gasteiger partial charge in [0.1, 0.15) is 11.1 Å². The quantitative estimate of drug-likeness (QED) is 0.292. The average Bonchev–Trinajstić information content (AvgIpc) is 3.58. The lowest BCUT2D eigenvalue weighted by Crippen LogP contribution is -2.50. The fraction of sp³-hybridized carbons (Fsp3) is 0.294. The van der Waals surface area contributed by atoms with Gasteiger partial charge in [-0.1, -0.05) is 44.2 Å². The predicted octanol–water partition coefficient (Wildman–Crippen LogP) is 5.60. The van der Waals surface area contributed by atoms with Gasteiger partial charge in [0, 0.05) is 65.3 Å². The summed E-state index contributed by atoms with van der Waals surface area (Å²) in [7, 11) is 0. The molecule has 3 aromatic heterocycles. The molecule has 0 atom stereocenters. The molecule has 0 saturated carbocycles. The van der Waals surface area contributed by atoms with Crippen molar-refractivity contribution in [3.63, 3.8) is 0 Å². The molecule has 1 saturated heterocycles. The summed E-state index contributed by atoms with van der Waals surface area (Å²) < 4.78 is 0. The van der Waals surface area contributed by atoms with E-state index in [1.54, 1.807) is 6.20 Å². The van der Waals surface area contributed by atoms with E-state index in [-0.39, 0.29) is 23.8 Å². The van der Waals surface area contributed by atoms with Crippen LogP contribution < -0.4 is 5.32 Å². The van der Waals surface area contributed by atoms with E-state index < -0.39 is 0 Å². The van der Waals surface area contributed by atoms with Crippen molar-refractivity contribution in [2.24, 2.45) is 0 Å². The Hall–Kier alpha value is -4.52. The van der Waals surface area contributed by atoms with E-state index >= 15 is 0 Å². The molecule has 0 bridgehead atoms. The third-order valence-electron chi connectivity index (χ3n) is 8.17. The first kappa shape index (κ1) is 28.6. The van der Waals surface area contributed by atoms with Crippen LogP contribution in [-0.4, -0.2) is 64.3 Å². The van der Waals surface area contributed by atoms with Crippen LogP contribution in [-0.2, 0) is 21.4 Å². The summed E-state index contributed by atoms with van der Waals surface area (Å²) in [6, 6.07) is 16.2. The van der Waals surface area contributed by atoms with Crippen LogP contribution in [0.15, 0.2) is 66.5 Å². The highest BCUT2D eigenvalue weighted by Crippen LogP contribution is 2.47. The molecular weight excluding hydrogens is 556 g/mol. The van der Waals surface area contributed by atoms with Gasteiger partial charge in [-0.15, -0.1) is 11.3 Å². The van der Waals surface area contributed by atoms with Gasteiger partial charge in [0.2, 0.25) is 11.8 Å². The van der Waals surface area contributed by atoms with Crippen LogP contribution in [0, 0.1) is 11.3 Å². The lowest BCUT2D eigenvalue weighted by Gasteiger charge is -2.34. The monoisotopic (exact) mass is 590 g/mol. The van der Waals surface area contributed by atoms with Crippen LogP contribution in [0.1, 0.15) is 47.5 Å². The number of nitrogens with one attached hydrogen (secondary N) is 2. The van der Waals surface area contributed by atoms with Gasteiger partial charge in [-0.05, 0) is 47.9 Å². The largest absolute Gasteiger partial charge is 0.361 e. The fourth-order valence-corrected chi connectivity index (χ4v) is 7.21. The minimum atomic E-state index is -0.178. The summed E-state index contributed by atoms with van der Waals surface area (Å²) in [5.41, 5.74) is 5.26. The maximum absolute atomic E-state index is 13.1. The maximum Gasteiger partial charge on any atom is 0.239 e. The Morgan fingerprint density at radius 1 is 1.12 bits per heavy atom. The molecule has 43 heavy (non-hydrogen) atoms. The number of hydrogen-bond donors (Lipinski definition) is 2. The Balaban J connectivity index is 1.07. The normalized spacial score (nSPS) is 16.6. The second kappa shape index (κ2) is 12.0. The number of allylic oxidation sites excluding steroid dienone is 2. The van der Waals surface area contributed by atoms with Crippen molar-refractivity contribution >= 4 is 51.2 Å². The standard InChI is InChI=1S/C34H34N6O2S/c1-34(2)19-23(10-11-25-7-5-6-12-36-25)17-27-28(20-35)33(43-32(27)34)38-30(41)22-39-13-15-40(16-14-39)31(42)18-24-21-37-29-9-4-3-8-26(24)29/h3-12,17,21,37H,13-16,18-19,22H2,1-2H3,(H,38,41)/b11-10+. The van der Waals surface area contributed by atoms with Gasteiger partial charge >= 0.3 is 0 Å². The summed E-state index contributed by atoms with van der Waals surface area (Å²) in [6.07, 6.45) is 11.0. The average molecular weight is 591 g/mol. The number of aromatic amines is 1. The van der Waals surface area contributed by atoms with Gasteiger partial charge in [0.15, 0.2) is 0 Å². The predicted molar refractivity (Wildman–Crippen MR) is 172 cm³/mol. The minimum absolute atomic E-state index is 0.0987. The number of fused-ring (bicyclic) bond motifs is 2. The van der Waals surface area contributed by atoms with Crippen LogP contribution in [0.5, 0.6) is 0 Å². The van der Waals surface area contributed by atoms with Crippen molar-refractivity contribution in [2.45, 2.75) is 32.1 Å². The zero-order valence-electron chi connectivity index (χ0n) is 24.4. The Morgan fingerprint density at radius 2 is 1.91 bits per heavy atom. The molecule has 0 spiro atoms. The molecule has 2 aliphatic rings. The number of carbonyl (C=O) groups excluding carboxylic acids is 2. The molecule has 2 N–H and O–H groups in total. The van der Waals surface area contributed by atoms with Crippen molar-refractivity contribution in [3.05, 3.63) is 93.8 Å². The highest BCUT2D eigenvalue weighted by atomic mass is 32.1. The number of piperazine rings is 1. The molecule has 6 rings (SSSR count). The molecule has 9 heteroatoms. The number of aromatic nitrogens is 2. The van der Waals surface area contributed by atoms with Gasteiger partial charge in [-0.3, -0.25) is 19.5 Å². The fourth-order valence-electron chi connectivity index (χ4n) is 5.96. The first-order valence-electron chi connectivity index (χ1n) is 14.5. The van der Waals surface area contributed by atoms with Gasteiger partial charge in [0.25, 0.3) is 0 Å². The molecule has 1 aliphatic heterocycles. The molecule has 0 unspecified atom stereocenters. The minimum Gasteiger partial charge on any atom is -0.361 e. The Bertz CT molecular complexity index is 1770. The topological polar surface area (TPSA) is 105 Å². The molecule has 2 amide bonds. The molecule has 0 radical (unpaired) electrons. The van der Waals surface area contributed by atoms with Crippen LogP contribution >= 0.6 is 11.3 Å². The summed E-state index contributed by atoms with van der Waals surface area (Å²) >= 11 is 1.50. The second-order valence-electron chi connectivity index (χ2n) is 11.8. The second-order valence-corrected chi connectivity index (χ2v) is 12.8. The van der Waals surface area contributed by atoms with E-state index in [2.05, 4.69) is 52.3 Å². The third-order valence-corrected chi connectivity index (χ3v) is 9.65. The molecule has 1 aromatic carbocycles. The number of rotatable bonds is 7. The highest BCUT2D eigenvalue weighted by Gasteiger charge is 2.34. The van der Waals surface area contributed by atoms with E-state index in [0.717, 1.165) is 44.6 Å². The van der Waals surface area contributed by atoms with Gasteiger partial charge in [-0.25, -0.2) is 0 Å².